The average Bonchev–Trinajstić information content (AvgIpc) is 2.43. The van der Waals surface area contributed by atoms with Crippen molar-refractivity contribution in [2.45, 2.75) is 45.6 Å². The van der Waals surface area contributed by atoms with E-state index in [0.717, 1.165) is 31.4 Å². The zero-order valence-electron chi connectivity index (χ0n) is 12.5. The molecule has 3 nitrogen and oxygen atoms in total. The van der Waals surface area contributed by atoms with Crippen LogP contribution in [0.5, 0.6) is 0 Å². The predicted molar refractivity (Wildman–Crippen MR) is 78.8 cm³/mol. The first kappa shape index (κ1) is 15.7. The van der Waals surface area contributed by atoms with E-state index < -0.39 is 17.5 Å². The summed E-state index contributed by atoms with van der Waals surface area (Å²) in [6.45, 7) is 4.28. The summed E-state index contributed by atoms with van der Waals surface area (Å²) in [5.74, 6) is -1.64. The van der Waals surface area contributed by atoms with E-state index in [0.29, 0.717) is 11.8 Å². The molecule has 21 heavy (non-hydrogen) atoms. The molecule has 1 aliphatic rings. The second-order valence-corrected chi connectivity index (χ2v) is 6.13. The molecular formula is C16H22F2N2O. The summed E-state index contributed by atoms with van der Waals surface area (Å²) >= 11 is 0. The molecule has 0 heterocycles. The van der Waals surface area contributed by atoms with Gasteiger partial charge in [-0.3, -0.25) is 4.79 Å². The van der Waals surface area contributed by atoms with E-state index in [9.17, 15) is 13.6 Å². The van der Waals surface area contributed by atoms with Gasteiger partial charge in [0.2, 0.25) is 0 Å². The number of benzene rings is 1. The van der Waals surface area contributed by atoms with Gasteiger partial charge < -0.3 is 11.1 Å². The molecule has 1 aliphatic carbocycles. The molecule has 1 aromatic rings. The fourth-order valence-corrected chi connectivity index (χ4v) is 3.14. The van der Waals surface area contributed by atoms with Crippen molar-refractivity contribution in [1.82, 2.24) is 5.32 Å². The molecular weight excluding hydrogens is 274 g/mol. The number of carbonyl (C=O) groups excluding carboxylic acids is 1. The molecule has 3 N–H and O–H groups in total. The van der Waals surface area contributed by atoms with Crippen LogP contribution in [0.25, 0.3) is 0 Å². The molecule has 1 aromatic carbocycles. The van der Waals surface area contributed by atoms with Crippen molar-refractivity contribution in [2.75, 3.05) is 5.73 Å². The van der Waals surface area contributed by atoms with Crippen LogP contribution in [0.3, 0.4) is 0 Å². The molecule has 0 spiro atoms. The molecule has 0 saturated heterocycles. The number of anilines is 1. The van der Waals surface area contributed by atoms with Crippen LogP contribution in [0.4, 0.5) is 14.5 Å². The highest BCUT2D eigenvalue weighted by molar-refractivity contribution is 5.99. The minimum Gasteiger partial charge on any atom is -0.398 e. The number of hydrogen-bond acceptors (Lipinski definition) is 2. The van der Waals surface area contributed by atoms with Gasteiger partial charge in [-0.05, 0) is 30.7 Å². The van der Waals surface area contributed by atoms with E-state index in [4.69, 9.17) is 5.73 Å². The van der Waals surface area contributed by atoms with Crippen molar-refractivity contribution in [3.63, 3.8) is 0 Å². The summed E-state index contributed by atoms with van der Waals surface area (Å²) in [5, 5.41) is 2.95. The second kappa shape index (κ2) is 6.41. The number of nitrogens with one attached hydrogen (secondary N) is 1. The molecule has 1 amide bonds. The number of amides is 1. The first-order valence-corrected chi connectivity index (χ1v) is 7.45. The summed E-state index contributed by atoms with van der Waals surface area (Å²) in [6.07, 6.45) is 4.23. The zero-order chi connectivity index (χ0) is 15.6. The van der Waals surface area contributed by atoms with Gasteiger partial charge in [-0.25, -0.2) is 8.78 Å². The Morgan fingerprint density at radius 1 is 1.24 bits per heavy atom. The predicted octanol–water partition coefficient (Wildman–Crippen LogP) is 3.49. The van der Waals surface area contributed by atoms with Gasteiger partial charge in [0.1, 0.15) is 0 Å². The monoisotopic (exact) mass is 296 g/mol. The van der Waals surface area contributed by atoms with Crippen LogP contribution in [0, 0.1) is 23.5 Å². The number of nitrogen functional groups attached to an aromatic ring is 1. The number of carbonyl (C=O) groups is 1. The van der Waals surface area contributed by atoms with Crippen LogP contribution in [0.2, 0.25) is 0 Å². The van der Waals surface area contributed by atoms with E-state index in [2.05, 4.69) is 19.2 Å². The zero-order valence-corrected chi connectivity index (χ0v) is 12.5. The summed E-state index contributed by atoms with van der Waals surface area (Å²) in [7, 11) is 0. The highest BCUT2D eigenvalue weighted by Gasteiger charge is 2.29. The van der Waals surface area contributed by atoms with Crippen LogP contribution in [-0.4, -0.2) is 11.9 Å². The SMILES string of the molecule is CC(C)C1CCCCC1NC(=O)c1cc(F)c(F)cc1N. The van der Waals surface area contributed by atoms with Crippen LogP contribution in [0.15, 0.2) is 12.1 Å². The maximum Gasteiger partial charge on any atom is 0.253 e. The number of halogens is 2. The number of nitrogens with two attached hydrogens (primary N) is 1. The van der Waals surface area contributed by atoms with E-state index in [1.165, 1.54) is 6.42 Å². The molecule has 0 radical (unpaired) electrons. The molecule has 0 aromatic heterocycles. The van der Waals surface area contributed by atoms with Crippen LogP contribution >= 0.6 is 0 Å². The summed E-state index contributed by atoms with van der Waals surface area (Å²) < 4.78 is 26.4. The minimum atomic E-state index is -1.06. The van der Waals surface area contributed by atoms with E-state index in [1.807, 2.05) is 0 Å². The van der Waals surface area contributed by atoms with Gasteiger partial charge in [0.25, 0.3) is 5.91 Å². The Morgan fingerprint density at radius 2 is 1.86 bits per heavy atom. The average molecular weight is 296 g/mol. The topological polar surface area (TPSA) is 55.1 Å². The third kappa shape index (κ3) is 3.52. The van der Waals surface area contributed by atoms with Crippen LogP contribution < -0.4 is 11.1 Å². The Balaban J connectivity index is 2.15. The Labute approximate surface area is 123 Å². The lowest BCUT2D eigenvalue weighted by molar-refractivity contribution is 0.0889. The molecule has 116 valence electrons. The van der Waals surface area contributed by atoms with Gasteiger partial charge in [-0.2, -0.15) is 0 Å². The lowest BCUT2D eigenvalue weighted by atomic mass is 9.78. The summed E-state index contributed by atoms with van der Waals surface area (Å²) in [4.78, 5) is 12.3. The quantitative estimate of drug-likeness (QED) is 0.839. The minimum absolute atomic E-state index is 0.00183. The fourth-order valence-electron chi connectivity index (χ4n) is 3.14. The van der Waals surface area contributed by atoms with Crippen molar-refractivity contribution in [2.24, 2.45) is 11.8 Å². The molecule has 0 bridgehead atoms. The van der Waals surface area contributed by atoms with Gasteiger partial charge >= 0.3 is 0 Å². The highest BCUT2D eigenvalue weighted by Crippen LogP contribution is 2.30. The van der Waals surface area contributed by atoms with Gasteiger partial charge in [0.05, 0.1) is 5.56 Å². The molecule has 1 fully saturated rings. The Kier molecular flexibility index (Phi) is 4.80. The van der Waals surface area contributed by atoms with Crippen molar-refractivity contribution in [1.29, 1.82) is 0 Å². The summed E-state index contributed by atoms with van der Waals surface area (Å²) in [5.41, 5.74) is 5.59. The Bertz CT molecular complexity index is 531. The molecule has 2 unspecified atom stereocenters. The van der Waals surface area contributed by atoms with Gasteiger partial charge in [0.15, 0.2) is 11.6 Å². The first-order chi connectivity index (χ1) is 9.90. The van der Waals surface area contributed by atoms with Crippen molar-refractivity contribution in [3.8, 4) is 0 Å². The van der Waals surface area contributed by atoms with Crippen molar-refractivity contribution >= 4 is 11.6 Å². The Morgan fingerprint density at radius 3 is 2.52 bits per heavy atom. The lowest BCUT2D eigenvalue weighted by Gasteiger charge is -2.35. The summed E-state index contributed by atoms with van der Waals surface area (Å²) in [6, 6.07) is 1.79. The van der Waals surface area contributed by atoms with E-state index in [-0.39, 0.29) is 17.3 Å². The van der Waals surface area contributed by atoms with Crippen LogP contribution in [-0.2, 0) is 0 Å². The number of hydrogen-bond donors (Lipinski definition) is 2. The van der Waals surface area contributed by atoms with Crippen molar-refractivity contribution < 1.29 is 13.6 Å². The maximum absolute atomic E-state index is 13.3. The third-order valence-corrected chi connectivity index (χ3v) is 4.33. The highest BCUT2D eigenvalue weighted by atomic mass is 19.2. The standard InChI is InChI=1S/C16H22F2N2O/c1-9(2)10-5-3-4-6-15(10)20-16(21)11-7-12(17)13(18)8-14(11)19/h7-10,15H,3-6,19H2,1-2H3,(H,20,21). The van der Waals surface area contributed by atoms with Gasteiger partial charge in [-0.15, -0.1) is 0 Å². The molecule has 0 aliphatic heterocycles. The molecule has 1 saturated carbocycles. The van der Waals surface area contributed by atoms with E-state index >= 15 is 0 Å². The van der Waals surface area contributed by atoms with E-state index in [1.54, 1.807) is 0 Å². The fraction of sp³-hybridized carbons (Fsp3) is 0.562. The molecule has 5 heteroatoms. The molecule has 2 rings (SSSR count). The van der Waals surface area contributed by atoms with Crippen molar-refractivity contribution in [3.05, 3.63) is 29.3 Å². The smallest absolute Gasteiger partial charge is 0.253 e. The lowest BCUT2D eigenvalue weighted by Crippen LogP contribution is -2.44. The Hall–Kier alpha value is -1.65. The van der Waals surface area contributed by atoms with Crippen LogP contribution in [0.1, 0.15) is 49.9 Å². The normalized spacial score (nSPS) is 22.3. The third-order valence-electron chi connectivity index (χ3n) is 4.33. The van der Waals surface area contributed by atoms with Gasteiger partial charge in [-0.1, -0.05) is 26.7 Å². The van der Waals surface area contributed by atoms with Gasteiger partial charge in [0, 0.05) is 17.8 Å². The second-order valence-electron chi connectivity index (χ2n) is 6.13. The molecule has 2 atom stereocenters. The maximum atomic E-state index is 13.3. The first-order valence-electron chi connectivity index (χ1n) is 7.45. The largest absolute Gasteiger partial charge is 0.398 e. The number of rotatable bonds is 3.